The molecule has 2 aromatic carbocycles. The summed E-state index contributed by atoms with van der Waals surface area (Å²) in [5.41, 5.74) is 1.25. The smallest absolute Gasteiger partial charge is 0.343 e. The van der Waals surface area contributed by atoms with E-state index in [0.717, 1.165) is 25.3 Å². The highest BCUT2D eigenvalue weighted by Gasteiger charge is 2.51. The third-order valence-corrected chi connectivity index (χ3v) is 9.34. The fourth-order valence-electron chi connectivity index (χ4n) is 6.81. The number of primary sulfonamides is 1. The molecule has 0 aromatic heterocycles. The average Bonchev–Trinajstić information content (AvgIpc) is 3.21. The number of benzene rings is 2. The van der Waals surface area contributed by atoms with Gasteiger partial charge >= 0.3 is 5.97 Å². The lowest BCUT2D eigenvalue weighted by Crippen LogP contribution is -2.39. The number of aromatic hydroxyl groups is 3. The molecule has 34 heavy (non-hydrogen) atoms. The second-order valence-corrected chi connectivity index (χ2v) is 11.8. The van der Waals surface area contributed by atoms with Gasteiger partial charge in [0.15, 0.2) is 11.5 Å². The number of carbonyl (C=O) groups excluding carboxylic acids is 1. The van der Waals surface area contributed by atoms with Gasteiger partial charge in [-0.3, -0.25) is 0 Å². The Morgan fingerprint density at radius 1 is 1.09 bits per heavy atom. The lowest BCUT2D eigenvalue weighted by atomic mass is 9.55. The van der Waals surface area contributed by atoms with Gasteiger partial charge in [0.1, 0.15) is 0 Å². The molecular formula is C25H29NO7S. The van der Waals surface area contributed by atoms with Crippen LogP contribution in [0.2, 0.25) is 0 Å². The number of ether oxygens (including phenoxy) is 1. The predicted octanol–water partition coefficient (Wildman–Crippen LogP) is 3.92. The molecule has 5 N–H and O–H groups in total. The maximum Gasteiger partial charge on any atom is 0.343 e. The summed E-state index contributed by atoms with van der Waals surface area (Å²) < 4.78 is 28.5. The summed E-state index contributed by atoms with van der Waals surface area (Å²) in [6.45, 7) is 2.36. The van der Waals surface area contributed by atoms with Crippen LogP contribution in [0.1, 0.15) is 72.9 Å². The van der Waals surface area contributed by atoms with Crippen LogP contribution in [0.15, 0.2) is 29.2 Å². The molecule has 0 bridgehead atoms. The van der Waals surface area contributed by atoms with Crippen LogP contribution < -0.4 is 9.88 Å². The quantitative estimate of drug-likeness (QED) is 0.222. The molecule has 0 heterocycles. The summed E-state index contributed by atoms with van der Waals surface area (Å²) in [5.74, 6) is -1.95. The van der Waals surface area contributed by atoms with E-state index < -0.39 is 27.5 Å². The third-order valence-electron chi connectivity index (χ3n) is 8.43. The summed E-state index contributed by atoms with van der Waals surface area (Å²) in [4.78, 5) is 12.4. The lowest BCUT2D eigenvalue weighted by Gasteiger charge is -2.49. The average molecular weight is 488 g/mol. The van der Waals surface area contributed by atoms with Crippen LogP contribution in [-0.2, 0) is 16.4 Å². The zero-order valence-electron chi connectivity index (χ0n) is 19.0. The van der Waals surface area contributed by atoms with Crippen molar-refractivity contribution in [1.82, 2.24) is 0 Å². The number of rotatable bonds is 3. The van der Waals surface area contributed by atoms with Crippen molar-refractivity contribution >= 4 is 16.0 Å². The Bertz CT molecular complexity index is 1290. The van der Waals surface area contributed by atoms with Crippen molar-refractivity contribution in [2.75, 3.05) is 0 Å². The molecular weight excluding hydrogens is 458 g/mol. The SMILES string of the molecule is C[C@@]12CCCC1C1CCc3c(O)c(OC(=O)c4cccc(S(N)(=O)=O)c4)c(O)c(O)c3C1CC2. The maximum absolute atomic E-state index is 12.7. The summed E-state index contributed by atoms with van der Waals surface area (Å²) in [6.07, 6.45) is 6.87. The van der Waals surface area contributed by atoms with E-state index in [0.29, 0.717) is 34.8 Å². The zero-order valence-corrected chi connectivity index (χ0v) is 19.8. The molecule has 0 radical (unpaired) electrons. The number of nitrogens with two attached hydrogens (primary N) is 1. The van der Waals surface area contributed by atoms with Crippen LogP contribution in [-0.4, -0.2) is 29.7 Å². The standard InChI is InChI=1S/C25H29NO7S/c1-25-10-3-6-18(25)15-7-8-17-19(16(15)9-11-25)21(28)22(29)23(20(17)27)33-24(30)13-4-2-5-14(12-13)34(26,31)32/h2,4-5,12,15-16,18,27-29H,3,6-11H2,1H3,(H2,26,31,32)/t15?,16?,18?,25-/m0/s1. The number of sulfonamides is 1. The van der Waals surface area contributed by atoms with Gasteiger partial charge < -0.3 is 20.1 Å². The lowest BCUT2D eigenvalue weighted by molar-refractivity contribution is 0.0580. The van der Waals surface area contributed by atoms with Gasteiger partial charge in [0.25, 0.3) is 0 Å². The van der Waals surface area contributed by atoms with Gasteiger partial charge in [-0.05, 0) is 79.9 Å². The Balaban J connectivity index is 1.49. The molecule has 0 spiro atoms. The molecule has 0 aliphatic heterocycles. The molecule has 2 saturated carbocycles. The van der Waals surface area contributed by atoms with Gasteiger partial charge in [-0.15, -0.1) is 0 Å². The molecule has 3 unspecified atom stereocenters. The van der Waals surface area contributed by atoms with Crippen molar-refractivity contribution in [2.24, 2.45) is 22.4 Å². The van der Waals surface area contributed by atoms with Gasteiger partial charge in [-0.1, -0.05) is 19.4 Å². The van der Waals surface area contributed by atoms with Crippen LogP contribution in [0.5, 0.6) is 23.0 Å². The number of fused-ring (bicyclic) bond motifs is 5. The maximum atomic E-state index is 12.7. The fourth-order valence-corrected chi connectivity index (χ4v) is 7.37. The zero-order chi connectivity index (χ0) is 24.4. The van der Waals surface area contributed by atoms with Crippen LogP contribution in [0.3, 0.4) is 0 Å². The molecule has 8 nitrogen and oxygen atoms in total. The van der Waals surface area contributed by atoms with Crippen molar-refractivity contribution in [3.63, 3.8) is 0 Å². The van der Waals surface area contributed by atoms with E-state index in [1.54, 1.807) is 0 Å². The third kappa shape index (κ3) is 3.53. The molecule has 9 heteroatoms. The minimum Gasteiger partial charge on any atom is -0.504 e. The van der Waals surface area contributed by atoms with Crippen LogP contribution >= 0.6 is 0 Å². The van der Waals surface area contributed by atoms with Crippen molar-refractivity contribution in [3.8, 4) is 23.0 Å². The highest BCUT2D eigenvalue weighted by Crippen LogP contribution is 2.64. The first-order valence-electron chi connectivity index (χ1n) is 11.7. The fraction of sp³-hybridized carbons (Fsp3) is 0.480. The van der Waals surface area contributed by atoms with Crippen molar-refractivity contribution in [2.45, 2.75) is 62.7 Å². The molecule has 4 atom stereocenters. The summed E-state index contributed by atoms with van der Waals surface area (Å²) >= 11 is 0. The second kappa shape index (κ2) is 7.88. The number of phenolic OH excluding ortho intramolecular Hbond substituents is 3. The first kappa shape index (κ1) is 23.0. The highest BCUT2D eigenvalue weighted by atomic mass is 32.2. The largest absolute Gasteiger partial charge is 0.504 e. The van der Waals surface area contributed by atoms with Crippen molar-refractivity contribution in [1.29, 1.82) is 0 Å². The van der Waals surface area contributed by atoms with E-state index in [2.05, 4.69) is 6.92 Å². The highest BCUT2D eigenvalue weighted by molar-refractivity contribution is 7.89. The number of carbonyl (C=O) groups is 1. The molecule has 2 aromatic rings. The van der Waals surface area contributed by atoms with E-state index in [-0.39, 0.29) is 27.9 Å². The molecule has 5 rings (SSSR count). The summed E-state index contributed by atoms with van der Waals surface area (Å²) in [7, 11) is -4.04. The molecule has 2 fully saturated rings. The topological polar surface area (TPSA) is 147 Å². The van der Waals surface area contributed by atoms with E-state index in [4.69, 9.17) is 9.88 Å². The minimum atomic E-state index is -4.04. The molecule has 3 aliphatic rings. The van der Waals surface area contributed by atoms with Crippen molar-refractivity contribution in [3.05, 3.63) is 41.0 Å². The van der Waals surface area contributed by atoms with Gasteiger partial charge in [0.2, 0.25) is 21.5 Å². The van der Waals surface area contributed by atoms with E-state index in [9.17, 15) is 28.5 Å². The Morgan fingerprint density at radius 3 is 2.59 bits per heavy atom. The predicted molar refractivity (Wildman–Crippen MR) is 123 cm³/mol. The van der Waals surface area contributed by atoms with Crippen LogP contribution in [0, 0.1) is 17.3 Å². The molecule has 0 saturated heterocycles. The molecule has 182 valence electrons. The van der Waals surface area contributed by atoms with Gasteiger partial charge in [-0.25, -0.2) is 18.4 Å². The molecule has 3 aliphatic carbocycles. The number of hydrogen-bond donors (Lipinski definition) is 4. The Hall–Kier alpha value is -2.78. The summed E-state index contributed by atoms with van der Waals surface area (Å²) in [6, 6.07) is 4.95. The van der Waals surface area contributed by atoms with Crippen molar-refractivity contribution < 1.29 is 33.3 Å². The number of hydrogen-bond acceptors (Lipinski definition) is 7. The second-order valence-electron chi connectivity index (χ2n) is 10.2. The van der Waals surface area contributed by atoms with E-state index >= 15 is 0 Å². The minimum absolute atomic E-state index is 0.0351. The van der Waals surface area contributed by atoms with Gasteiger partial charge in [0.05, 0.1) is 10.5 Å². The van der Waals surface area contributed by atoms with Gasteiger partial charge in [-0.2, -0.15) is 0 Å². The first-order valence-corrected chi connectivity index (χ1v) is 13.2. The van der Waals surface area contributed by atoms with Gasteiger partial charge in [0, 0.05) is 11.1 Å². The van der Waals surface area contributed by atoms with Crippen LogP contribution in [0.4, 0.5) is 0 Å². The number of esters is 1. The molecule has 0 amide bonds. The van der Waals surface area contributed by atoms with E-state index in [1.807, 2.05) is 0 Å². The Labute approximate surface area is 198 Å². The first-order chi connectivity index (χ1) is 16.0. The monoisotopic (exact) mass is 487 g/mol. The Morgan fingerprint density at radius 2 is 1.85 bits per heavy atom. The van der Waals surface area contributed by atoms with Crippen LogP contribution in [0.25, 0.3) is 0 Å². The summed E-state index contributed by atoms with van der Waals surface area (Å²) in [5, 5.41) is 37.8. The normalized spacial score (nSPS) is 28.0. The van der Waals surface area contributed by atoms with E-state index in [1.165, 1.54) is 37.5 Å². The Kier molecular flexibility index (Phi) is 5.33. The number of phenols is 3.